The van der Waals surface area contributed by atoms with E-state index in [0.717, 1.165) is 0 Å². The van der Waals surface area contributed by atoms with Gasteiger partial charge in [-0.2, -0.15) is 0 Å². The molecule has 4 nitrogen and oxygen atoms in total. The zero-order chi connectivity index (χ0) is 37.8. The third-order valence-corrected chi connectivity index (χ3v) is 31.4. The van der Waals surface area contributed by atoms with Crippen LogP contribution in [0, 0.1) is 0 Å². The molecule has 0 saturated heterocycles. The second kappa shape index (κ2) is 25.1. The summed E-state index contributed by atoms with van der Waals surface area (Å²) < 4.78 is 0. The van der Waals surface area contributed by atoms with E-state index in [2.05, 4.69) is 128 Å². The van der Waals surface area contributed by atoms with Gasteiger partial charge in [0.05, 0.1) is 8.07 Å². The lowest BCUT2D eigenvalue weighted by atomic mass is 10.5. The van der Waals surface area contributed by atoms with Crippen LogP contribution in [0.1, 0.15) is 51.4 Å². The Kier molecular flexibility index (Phi) is 25.6. The van der Waals surface area contributed by atoms with E-state index in [1.807, 2.05) is 0 Å². The number of hydrogen-bond acceptors (Lipinski definition) is 4. The zero-order valence-electron chi connectivity index (χ0n) is 37.3. The normalized spacial score (nSPS) is 14.0. The number of hydrogen-bond donors (Lipinski definition) is 0. The van der Waals surface area contributed by atoms with E-state index in [1.165, 1.54) is 76.0 Å². The Labute approximate surface area is 317 Å². The van der Waals surface area contributed by atoms with Crippen molar-refractivity contribution in [3.8, 4) is 0 Å². The Morgan fingerprint density at radius 1 is 0.245 bits per heavy atom. The summed E-state index contributed by atoms with van der Waals surface area (Å²) in [5.74, 6) is 0. The minimum Gasteiger partial charge on any atom is -0.309 e. The molecule has 0 saturated carbocycles. The summed E-state index contributed by atoms with van der Waals surface area (Å²) in [7, 11) is 12.2. The molecule has 0 aliphatic carbocycles. The summed E-state index contributed by atoms with van der Waals surface area (Å²) in [5, 5.41) is 0. The van der Waals surface area contributed by atoms with Crippen molar-refractivity contribution in [1.82, 2.24) is 19.6 Å². The molecule has 0 radical (unpaired) electrons. The monoisotopic (exact) mass is 773 g/mol. The molecule has 0 atom stereocenters. The molecule has 0 aromatic heterocycles. The Morgan fingerprint density at radius 2 is 0.408 bits per heavy atom. The minimum absolute atomic E-state index is 1.12. The molecule has 0 aliphatic heterocycles. The van der Waals surface area contributed by atoms with Crippen LogP contribution in [-0.2, 0) is 0 Å². The van der Waals surface area contributed by atoms with Crippen LogP contribution in [0.2, 0.25) is 125 Å². The third-order valence-electron chi connectivity index (χ3n) is 12.1. The molecule has 0 unspecified atom stereocenters. The van der Waals surface area contributed by atoms with Gasteiger partial charge in [-0.1, -0.05) is 151 Å². The van der Waals surface area contributed by atoms with Crippen molar-refractivity contribution in [2.24, 2.45) is 0 Å². The van der Waals surface area contributed by atoms with Gasteiger partial charge in [0.25, 0.3) is 0 Å². The predicted molar refractivity (Wildman–Crippen MR) is 245 cm³/mol. The second-order valence-corrected chi connectivity index (χ2v) is 47.5. The van der Waals surface area contributed by atoms with Crippen LogP contribution in [0.5, 0.6) is 0 Å². The Morgan fingerprint density at radius 3 is 0.571 bits per heavy atom. The van der Waals surface area contributed by atoms with E-state index in [-0.39, 0.29) is 0 Å². The van der Waals surface area contributed by atoms with Crippen LogP contribution in [0.4, 0.5) is 0 Å². The molecule has 0 aromatic rings. The topological polar surface area (TPSA) is 13.0 Å². The van der Waals surface area contributed by atoms with Crippen molar-refractivity contribution in [3.05, 3.63) is 0 Å². The average Bonchev–Trinajstić information content (AvgIpc) is 2.91. The second-order valence-electron chi connectivity index (χ2n) is 21.2. The Bertz CT molecular complexity index is 681. The minimum atomic E-state index is -1.34. The molecule has 0 rings (SSSR count). The molecular formula is C40H96N4Si5. The maximum absolute atomic E-state index is 2.72. The fraction of sp³-hybridized carbons (Fsp3) is 1.00. The van der Waals surface area contributed by atoms with Crippen molar-refractivity contribution in [1.29, 1.82) is 0 Å². The third kappa shape index (κ3) is 29.0. The van der Waals surface area contributed by atoms with E-state index < -0.39 is 40.4 Å². The van der Waals surface area contributed by atoms with Gasteiger partial charge < -0.3 is 19.6 Å². The lowest BCUT2D eigenvalue weighted by molar-refractivity contribution is 0.407. The van der Waals surface area contributed by atoms with Crippen LogP contribution < -0.4 is 0 Å². The zero-order valence-corrected chi connectivity index (χ0v) is 42.3. The summed E-state index contributed by atoms with van der Waals surface area (Å²) in [6, 6.07) is 19.0. The highest BCUT2D eigenvalue weighted by Gasteiger charge is 2.35. The van der Waals surface area contributed by atoms with Gasteiger partial charge in [-0.15, -0.1) is 0 Å². The van der Waals surface area contributed by atoms with E-state index in [4.69, 9.17) is 0 Å². The van der Waals surface area contributed by atoms with Gasteiger partial charge >= 0.3 is 0 Å². The molecule has 0 heterocycles. The standard InChI is InChI=1S/C40H96N4Si5/c1-41(2)25-17-29-45(9,10)33-21-37-49(38-22-34-46(11,12)30-18-26-42(3)4,39-23-35-47(13,14)31-19-27-43(5)6)40-24-36-48(15,16)32-20-28-44(7)8/h17-40H2,1-16H3. The molecule has 0 N–H and O–H groups in total. The fourth-order valence-corrected chi connectivity index (χ4v) is 25.1. The lowest BCUT2D eigenvalue weighted by Gasteiger charge is -2.37. The molecule has 0 amide bonds. The molecule has 0 spiro atoms. The van der Waals surface area contributed by atoms with Gasteiger partial charge in [0.2, 0.25) is 0 Å². The molecule has 296 valence electrons. The molecular weight excluding hydrogens is 677 g/mol. The largest absolute Gasteiger partial charge is 0.309 e. The SMILES string of the molecule is CN(C)CCC[Si](C)(C)CCC[Si](CCC[Si](C)(C)CCCN(C)C)(CCC[Si](C)(C)CCCN(C)C)CCC[Si](C)(C)CCCN(C)C. The van der Waals surface area contributed by atoms with Crippen LogP contribution >= 0.6 is 0 Å². The van der Waals surface area contributed by atoms with Gasteiger partial charge in [-0.05, 0) is 108 Å². The maximum atomic E-state index is 2.72. The van der Waals surface area contributed by atoms with Gasteiger partial charge in [-0.3, -0.25) is 0 Å². The molecule has 0 fully saturated rings. The van der Waals surface area contributed by atoms with Gasteiger partial charge in [0.1, 0.15) is 0 Å². The van der Waals surface area contributed by atoms with Crippen molar-refractivity contribution in [2.75, 3.05) is 82.6 Å². The van der Waals surface area contributed by atoms with Crippen molar-refractivity contribution in [3.63, 3.8) is 0 Å². The van der Waals surface area contributed by atoms with Crippen LogP contribution in [0.15, 0.2) is 0 Å². The van der Waals surface area contributed by atoms with E-state index >= 15 is 0 Å². The van der Waals surface area contributed by atoms with Crippen LogP contribution in [-0.4, -0.2) is 143 Å². The van der Waals surface area contributed by atoms with E-state index in [1.54, 1.807) is 74.0 Å². The lowest BCUT2D eigenvalue weighted by Crippen LogP contribution is -2.38. The summed E-state index contributed by atoms with van der Waals surface area (Å²) in [6.07, 6.45) is 11.9. The smallest absolute Gasteiger partial charge is 0.0535 e. The first kappa shape index (κ1) is 49.9. The highest BCUT2D eigenvalue weighted by Crippen LogP contribution is 2.39. The summed E-state index contributed by atoms with van der Waals surface area (Å²) in [5.41, 5.74) is 0. The molecule has 9 heteroatoms. The van der Waals surface area contributed by atoms with Crippen LogP contribution in [0.25, 0.3) is 0 Å². The predicted octanol–water partition coefficient (Wildman–Crippen LogP) is 11.6. The molecule has 0 bridgehead atoms. The van der Waals surface area contributed by atoms with Gasteiger partial charge in [0, 0.05) is 32.3 Å². The maximum Gasteiger partial charge on any atom is 0.0535 e. The first-order chi connectivity index (χ1) is 22.5. The number of nitrogens with zero attached hydrogens (tertiary/aromatic N) is 4. The van der Waals surface area contributed by atoms with Crippen molar-refractivity contribution >= 4 is 40.4 Å². The fourth-order valence-electron chi connectivity index (χ4n) is 8.51. The summed E-state index contributed by atoms with van der Waals surface area (Å²) >= 11 is 0. The highest BCUT2D eigenvalue weighted by molar-refractivity contribution is 6.82. The van der Waals surface area contributed by atoms with Crippen molar-refractivity contribution in [2.45, 2.75) is 176 Å². The van der Waals surface area contributed by atoms with Crippen molar-refractivity contribution < 1.29 is 0 Å². The first-order valence-corrected chi connectivity index (χ1v) is 37.6. The molecule has 49 heavy (non-hydrogen) atoms. The quantitative estimate of drug-likeness (QED) is 0.0631. The number of rotatable bonds is 32. The van der Waals surface area contributed by atoms with Crippen LogP contribution in [0.3, 0.4) is 0 Å². The average molecular weight is 774 g/mol. The summed E-state index contributed by atoms with van der Waals surface area (Å²) in [6.45, 7) is 26.8. The van der Waals surface area contributed by atoms with E-state index in [9.17, 15) is 0 Å². The molecule has 0 aliphatic rings. The van der Waals surface area contributed by atoms with E-state index in [0.29, 0.717) is 0 Å². The Hall–Kier alpha value is 0.924. The first-order valence-electron chi connectivity index (χ1n) is 21.1. The summed E-state index contributed by atoms with van der Waals surface area (Å²) in [4.78, 5) is 9.57. The van der Waals surface area contributed by atoms with Gasteiger partial charge in [-0.25, -0.2) is 0 Å². The van der Waals surface area contributed by atoms with Gasteiger partial charge in [0.15, 0.2) is 0 Å². The molecule has 0 aromatic carbocycles. The highest BCUT2D eigenvalue weighted by atomic mass is 28.3. The Balaban J connectivity index is 5.93.